The van der Waals surface area contributed by atoms with Crippen LogP contribution in [0.1, 0.15) is 60.1 Å². The minimum atomic E-state index is -0.802. The average molecular weight is 507 g/mol. The van der Waals surface area contributed by atoms with Gasteiger partial charge in [0, 0.05) is 12.1 Å². The summed E-state index contributed by atoms with van der Waals surface area (Å²) in [5.74, 6) is -1.31. The van der Waals surface area contributed by atoms with Crippen LogP contribution in [0.2, 0.25) is 0 Å². The first-order valence-electron chi connectivity index (χ1n) is 12.1. The van der Waals surface area contributed by atoms with E-state index in [1.165, 1.54) is 22.3 Å². The van der Waals surface area contributed by atoms with Crippen LogP contribution in [0.4, 0.5) is 0 Å². The molecule has 2 heterocycles. The highest BCUT2D eigenvalue weighted by atomic mass is 32.1. The molecule has 1 aliphatic heterocycles. The van der Waals surface area contributed by atoms with E-state index < -0.39 is 23.5 Å². The molecule has 1 aliphatic rings. The minimum absolute atomic E-state index is 0.0241. The van der Waals surface area contributed by atoms with Gasteiger partial charge in [-0.2, -0.15) is 0 Å². The van der Waals surface area contributed by atoms with Crippen molar-refractivity contribution in [1.29, 1.82) is 0 Å². The zero-order valence-corrected chi connectivity index (χ0v) is 21.5. The number of aromatic nitrogens is 1. The first kappa shape index (κ1) is 25.4. The summed E-state index contributed by atoms with van der Waals surface area (Å²) < 4.78 is 5.55. The number of carbonyl (C=O) groups is 2. The summed E-state index contributed by atoms with van der Waals surface area (Å²) in [6, 6.07) is 13.5. The fraction of sp³-hybridized carbons (Fsp3) is 0.321. The molecule has 0 radical (unpaired) electrons. The lowest BCUT2D eigenvalue weighted by molar-refractivity contribution is -0.129. The van der Waals surface area contributed by atoms with Gasteiger partial charge in [0.05, 0.1) is 28.8 Å². The van der Waals surface area contributed by atoms with Gasteiger partial charge >= 0.3 is 0 Å². The van der Waals surface area contributed by atoms with Crippen LogP contribution in [0.25, 0.3) is 10.6 Å². The van der Waals surface area contributed by atoms with E-state index in [1.54, 1.807) is 26.0 Å². The third-order valence-corrected chi connectivity index (χ3v) is 7.38. The summed E-state index contributed by atoms with van der Waals surface area (Å²) in [5.41, 5.74) is 2.04. The van der Waals surface area contributed by atoms with E-state index in [-0.39, 0.29) is 17.1 Å². The maximum absolute atomic E-state index is 13.9. The maximum Gasteiger partial charge on any atom is 0.290 e. The van der Waals surface area contributed by atoms with Crippen LogP contribution in [0.15, 0.2) is 59.9 Å². The number of benzene rings is 2. The van der Waals surface area contributed by atoms with E-state index in [2.05, 4.69) is 11.9 Å². The molecule has 1 unspecified atom stereocenters. The molecule has 2 aromatic carbocycles. The van der Waals surface area contributed by atoms with Crippen molar-refractivity contribution in [2.45, 2.75) is 46.1 Å². The predicted octanol–water partition coefficient (Wildman–Crippen LogP) is 5.99. The SMILES string of the molecule is CCCCCN1C(=O)C(O)=C(C(=O)c2sc(-c3ccccc3)nc2C)C1c1ccc(O)c(OCC)c1. The zero-order valence-electron chi connectivity index (χ0n) is 20.7. The molecule has 0 aliphatic carbocycles. The van der Waals surface area contributed by atoms with E-state index in [0.29, 0.717) is 34.3 Å². The quantitative estimate of drug-likeness (QED) is 0.259. The third kappa shape index (κ3) is 4.86. The van der Waals surface area contributed by atoms with Crippen LogP contribution in [0.3, 0.4) is 0 Å². The number of phenols is 1. The number of aliphatic hydroxyl groups excluding tert-OH is 1. The molecule has 1 aromatic heterocycles. The number of hydrogen-bond donors (Lipinski definition) is 2. The van der Waals surface area contributed by atoms with E-state index in [1.807, 2.05) is 30.3 Å². The van der Waals surface area contributed by atoms with Crippen LogP contribution < -0.4 is 4.74 Å². The second kappa shape index (κ2) is 11.0. The number of ether oxygens (including phenoxy) is 1. The molecular weight excluding hydrogens is 476 g/mol. The standard InChI is InChI=1S/C28H30N2O5S/c1-4-6-10-15-30-23(19-13-14-20(31)21(16-19)35-5-2)22(25(33)28(30)34)24(32)26-17(3)29-27(36-26)18-11-8-7-9-12-18/h7-9,11-14,16,23,31,33H,4-6,10,15H2,1-3H3. The second-order valence-electron chi connectivity index (χ2n) is 8.66. The zero-order chi connectivity index (χ0) is 25.8. The number of phenolic OH excluding ortho intramolecular Hbond substituents is 1. The van der Waals surface area contributed by atoms with Gasteiger partial charge < -0.3 is 19.8 Å². The number of rotatable bonds is 10. The van der Waals surface area contributed by atoms with Crippen molar-refractivity contribution >= 4 is 23.0 Å². The topological polar surface area (TPSA) is 100.0 Å². The fourth-order valence-corrected chi connectivity index (χ4v) is 5.43. The normalized spacial score (nSPS) is 15.6. The first-order chi connectivity index (χ1) is 17.4. The Bertz CT molecular complexity index is 1300. The number of amides is 1. The van der Waals surface area contributed by atoms with Crippen molar-refractivity contribution in [3.8, 4) is 22.1 Å². The van der Waals surface area contributed by atoms with Gasteiger partial charge in [-0.05, 0) is 38.0 Å². The molecule has 8 heteroatoms. The van der Waals surface area contributed by atoms with Gasteiger partial charge in [-0.3, -0.25) is 9.59 Å². The smallest absolute Gasteiger partial charge is 0.290 e. The van der Waals surface area contributed by atoms with Gasteiger partial charge in [0.2, 0.25) is 5.78 Å². The van der Waals surface area contributed by atoms with Gasteiger partial charge in [0.1, 0.15) is 5.01 Å². The summed E-state index contributed by atoms with van der Waals surface area (Å²) in [5, 5.41) is 21.9. The lowest BCUT2D eigenvalue weighted by atomic mass is 9.94. The van der Waals surface area contributed by atoms with Gasteiger partial charge in [-0.1, -0.05) is 56.2 Å². The highest BCUT2D eigenvalue weighted by Crippen LogP contribution is 2.43. The summed E-state index contributed by atoms with van der Waals surface area (Å²) in [6.45, 7) is 6.36. The summed E-state index contributed by atoms with van der Waals surface area (Å²) in [7, 11) is 0. The van der Waals surface area contributed by atoms with Crippen molar-refractivity contribution in [2.75, 3.05) is 13.2 Å². The van der Waals surface area contributed by atoms with Crippen molar-refractivity contribution in [2.24, 2.45) is 0 Å². The number of aromatic hydroxyl groups is 1. The summed E-state index contributed by atoms with van der Waals surface area (Å²) in [4.78, 5) is 33.6. The van der Waals surface area contributed by atoms with Crippen LogP contribution in [-0.2, 0) is 4.79 Å². The van der Waals surface area contributed by atoms with Crippen LogP contribution in [-0.4, -0.2) is 44.9 Å². The molecule has 0 saturated carbocycles. The number of carbonyl (C=O) groups excluding carboxylic acids is 2. The van der Waals surface area contributed by atoms with E-state index >= 15 is 0 Å². The van der Waals surface area contributed by atoms with Crippen molar-refractivity contribution in [3.63, 3.8) is 0 Å². The molecular formula is C28H30N2O5S. The lowest BCUT2D eigenvalue weighted by Crippen LogP contribution is -2.32. The number of unbranched alkanes of at least 4 members (excludes halogenated alkanes) is 2. The fourth-order valence-electron chi connectivity index (χ4n) is 4.40. The van der Waals surface area contributed by atoms with Crippen molar-refractivity contribution < 1.29 is 24.5 Å². The predicted molar refractivity (Wildman–Crippen MR) is 140 cm³/mol. The Morgan fingerprint density at radius 3 is 2.56 bits per heavy atom. The van der Waals surface area contributed by atoms with Crippen molar-refractivity contribution in [1.82, 2.24) is 9.88 Å². The number of hydrogen-bond acceptors (Lipinski definition) is 7. The highest BCUT2D eigenvalue weighted by molar-refractivity contribution is 7.17. The first-order valence-corrected chi connectivity index (χ1v) is 13.0. The summed E-state index contributed by atoms with van der Waals surface area (Å²) >= 11 is 1.24. The van der Waals surface area contributed by atoms with Crippen molar-refractivity contribution in [3.05, 3.63) is 76.0 Å². The molecule has 1 atom stereocenters. The van der Waals surface area contributed by atoms with Gasteiger partial charge in [-0.15, -0.1) is 11.3 Å². The third-order valence-electron chi connectivity index (χ3n) is 6.17. The molecule has 4 rings (SSSR count). The lowest BCUT2D eigenvalue weighted by Gasteiger charge is -2.27. The molecule has 2 N–H and O–H groups in total. The van der Waals surface area contributed by atoms with Crippen LogP contribution >= 0.6 is 11.3 Å². The molecule has 188 valence electrons. The number of thiazole rings is 1. The Morgan fingerprint density at radius 1 is 1.11 bits per heavy atom. The van der Waals surface area contributed by atoms with Gasteiger partial charge in [0.15, 0.2) is 17.3 Å². The monoisotopic (exact) mass is 506 g/mol. The highest BCUT2D eigenvalue weighted by Gasteiger charge is 2.44. The maximum atomic E-state index is 13.9. The molecule has 0 spiro atoms. The average Bonchev–Trinajstić information content (AvgIpc) is 3.39. The van der Waals surface area contributed by atoms with E-state index in [9.17, 15) is 19.8 Å². The van der Waals surface area contributed by atoms with Crippen LogP contribution in [0.5, 0.6) is 11.5 Å². The number of aliphatic hydroxyl groups is 1. The Kier molecular flexibility index (Phi) is 7.74. The number of Topliss-reactive ketones (excluding diaryl/α,β-unsaturated/α-hetero) is 1. The van der Waals surface area contributed by atoms with Crippen LogP contribution in [0, 0.1) is 6.92 Å². The van der Waals surface area contributed by atoms with Gasteiger partial charge in [-0.25, -0.2) is 4.98 Å². The Labute approximate surface area is 214 Å². The van der Waals surface area contributed by atoms with E-state index in [4.69, 9.17) is 4.74 Å². The molecule has 0 fully saturated rings. The van der Waals surface area contributed by atoms with Gasteiger partial charge in [0.25, 0.3) is 5.91 Å². The minimum Gasteiger partial charge on any atom is -0.504 e. The number of nitrogens with zero attached hydrogens (tertiary/aromatic N) is 2. The molecule has 3 aromatic rings. The second-order valence-corrected chi connectivity index (χ2v) is 9.66. The molecule has 0 saturated heterocycles. The van der Waals surface area contributed by atoms with E-state index in [0.717, 1.165) is 24.8 Å². The Morgan fingerprint density at radius 2 is 1.86 bits per heavy atom. The largest absolute Gasteiger partial charge is 0.504 e. The summed E-state index contributed by atoms with van der Waals surface area (Å²) in [6.07, 6.45) is 2.62. The molecule has 7 nitrogen and oxygen atoms in total. The number of aryl methyl sites for hydroxylation is 1. The molecule has 36 heavy (non-hydrogen) atoms. The Hall–Kier alpha value is -3.65. The molecule has 0 bridgehead atoms. The Balaban J connectivity index is 1.78. The molecule has 1 amide bonds. The number of ketones is 1.